The Hall–Kier alpha value is -1.28. The Kier molecular flexibility index (Phi) is 22.1. The van der Waals surface area contributed by atoms with Crippen molar-refractivity contribution in [3.63, 3.8) is 0 Å². The van der Waals surface area contributed by atoms with Gasteiger partial charge < -0.3 is 19.3 Å². The molecule has 0 spiro atoms. The molecule has 0 aliphatic carbocycles. The van der Waals surface area contributed by atoms with Gasteiger partial charge in [-0.2, -0.15) is 0 Å². The Bertz CT molecular complexity index is 582. The Morgan fingerprint density at radius 2 is 1.42 bits per heavy atom. The molecule has 2 atom stereocenters. The Morgan fingerprint density at radius 3 is 2.00 bits per heavy atom. The lowest BCUT2D eigenvalue weighted by Crippen LogP contribution is -2.38. The summed E-state index contributed by atoms with van der Waals surface area (Å²) in [7, 11) is 0. The van der Waals surface area contributed by atoms with Crippen molar-refractivity contribution in [3.8, 4) is 0 Å². The van der Waals surface area contributed by atoms with Crippen LogP contribution in [-0.2, 0) is 23.8 Å². The molecule has 7 nitrogen and oxygen atoms in total. The van der Waals surface area contributed by atoms with Gasteiger partial charge in [-0.15, -0.1) is 0 Å². The number of carbonyl (C=O) groups excluding carboxylic acids is 2. The van der Waals surface area contributed by atoms with E-state index in [-0.39, 0.29) is 18.9 Å². The molecule has 0 saturated carbocycles. The molecule has 0 heterocycles. The first-order chi connectivity index (χ1) is 17.3. The monoisotopic (exact) mass is 513 g/mol. The van der Waals surface area contributed by atoms with Crippen LogP contribution in [0.4, 0.5) is 0 Å². The second-order valence-electron chi connectivity index (χ2n) is 9.94. The van der Waals surface area contributed by atoms with Crippen molar-refractivity contribution in [2.45, 2.75) is 136 Å². The number of hydrogen-bond acceptors (Lipinski definition) is 7. The van der Waals surface area contributed by atoms with Crippen LogP contribution in [0.25, 0.3) is 0 Å². The van der Waals surface area contributed by atoms with Crippen molar-refractivity contribution in [3.05, 3.63) is 12.2 Å². The molecule has 212 valence electrons. The quantitative estimate of drug-likeness (QED) is 0.0613. The number of nitrogens with one attached hydrogen (secondary N) is 1. The van der Waals surface area contributed by atoms with Crippen molar-refractivity contribution in [2.75, 3.05) is 26.4 Å². The molecule has 0 amide bonds. The van der Waals surface area contributed by atoms with Gasteiger partial charge in [-0.3, -0.25) is 10.1 Å². The van der Waals surface area contributed by atoms with Gasteiger partial charge in [0, 0.05) is 25.1 Å². The fourth-order valence-corrected chi connectivity index (χ4v) is 3.80. The van der Waals surface area contributed by atoms with Gasteiger partial charge in [-0.05, 0) is 39.5 Å². The molecule has 7 heteroatoms. The number of hydrogen-bond donors (Lipinski definition) is 2. The summed E-state index contributed by atoms with van der Waals surface area (Å²) >= 11 is 0. The Morgan fingerprint density at radius 1 is 0.861 bits per heavy atom. The standard InChI is InChI=1S/C29H55NO6/c1-6-8-9-10-11-12-13-14-15-19-23-36-29(5,7-2)26(31)20-17-16-18-22-35-28(33)30-21-24-34-27(32)25(3)4/h28,30,33H,3,6-24H2,1-2,4-5H3. The number of aliphatic hydroxyl groups is 1. The lowest BCUT2D eigenvalue weighted by molar-refractivity contribution is -0.143. The molecular weight excluding hydrogens is 458 g/mol. The molecule has 2 N–H and O–H groups in total. The molecule has 0 saturated heterocycles. The van der Waals surface area contributed by atoms with E-state index in [1.165, 1.54) is 57.8 Å². The first kappa shape index (κ1) is 34.7. The summed E-state index contributed by atoms with van der Waals surface area (Å²) in [5, 5.41) is 12.5. The van der Waals surface area contributed by atoms with Crippen LogP contribution in [0, 0.1) is 0 Å². The second kappa shape index (κ2) is 22.9. The fraction of sp³-hybridized carbons (Fsp3) is 0.862. The molecule has 0 aromatic carbocycles. The van der Waals surface area contributed by atoms with E-state index < -0.39 is 18.0 Å². The zero-order valence-electron chi connectivity index (χ0n) is 23.7. The third-order valence-corrected chi connectivity index (χ3v) is 6.51. The number of aliphatic hydroxyl groups excluding tert-OH is 1. The van der Waals surface area contributed by atoms with Crippen LogP contribution in [0.2, 0.25) is 0 Å². The smallest absolute Gasteiger partial charge is 0.333 e. The number of rotatable bonds is 26. The van der Waals surface area contributed by atoms with Crippen molar-refractivity contribution < 1.29 is 28.9 Å². The first-order valence-electron chi connectivity index (χ1n) is 14.3. The van der Waals surface area contributed by atoms with Crippen LogP contribution < -0.4 is 5.32 Å². The van der Waals surface area contributed by atoms with Crippen molar-refractivity contribution in [1.82, 2.24) is 5.32 Å². The van der Waals surface area contributed by atoms with E-state index in [4.69, 9.17) is 14.2 Å². The summed E-state index contributed by atoms with van der Waals surface area (Å²) in [5.41, 5.74) is -0.353. The van der Waals surface area contributed by atoms with Crippen molar-refractivity contribution in [1.29, 1.82) is 0 Å². The SMILES string of the molecule is C=C(C)C(=O)OCCNC(O)OCCCCCC(=O)C(C)(CC)OCCCCCCCCCCCC. The highest BCUT2D eigenvalue weighted by molar-refractivity contribution is 5.87. The van der Waals surface area contributed by atoms with E-state index in [2.05, 4.69) is 18.8 Å². The Balaban J connectivity index is 3.77. The van der Waals surface area contributed by atoms with Gasteiger partial charge in [0.1, 0.15) is 12.2 Å². The van der Waals surface area contributed by atoms with E-state index in [0.717, 1.165) is 25.7 Å². The van der Waals surface area contributed by atoms with Crippen LogP contribution in [0.3, 0.4) is 0 Å². The number of Topliss-reactive ketones (excluding diaryl/α,β-unsaturated/α-hetero) is 1. The average Bonchev–Trinajstić information content (AvgIpc) is 2.86. The number of ether oxygens (including phenoxy) is 3. The maximum Gasteiger partial charge on any atom is 0.333 e. The highest BCUT2D eigenvalue weighted by Crippen LogP contribution is 2.21. The summed E-state index contributed by atoms with van der Waals surface area (Å²) in [6, 6.07) is 0. The third-order valence-electron chi connectivity index (χ3n) is 6.51. The number of unbranched alkanes of at least 4 members (excludes halogenated alkanes) is 11. The zero-order valence-corrected chi connectivity index (χ0v) is 23.7. The minimum Gasteiger partial charge on any atom is -0.461 e. The van der Waals surface area contributed by atoms with Gasteiger partial charge in [0.2, 0.25) is 6.41 Å². The lowest BCUT2D eigenvalue weighted by atomic mass is 9.93. The summed E-state index contributed by atoms with van der Waals surface area (Å²) in [6.45, 7) is 12.7. The minimum atomic E-state index is -1.11. The van der Waals surface area contributed by atoms with Gasteiger partial charge in [0.25, 0.3) is 0 Å². The topological polar surface area (TPSA) is 94.1 Å². The Labute approximate surface area is 220 Å². The van der Waals surface area contributed by atoms with E-state index in [0.29, 0.717) is 31.6 Å². The molecule has 36 heavy (non-hydrogen) atoms. The summed E-state index contributed by atoms with van der Waals surface area (Å²) in [5.74, 6) is -0.283. The molecule has 0 aromatic rings. The van der Waals surface area contributed by atoms with Crippen LogP contribution in [-0.4, -0.2) is 55.2 Å². The van der Waals surface area contributed by atoms with E-state index in [1.54, 1.807) is 6.92 Å². The van der Waals surface area contributed by atoms with E-state index in [1.807, 2.05) is 13.8 Å². The molecule has 0 radical (unpaired) electrons. The zero-order chi connectivity index (χ0) is 27.1. The average molecular weight is 514 g/mol. The number of carbonyl (C=O) groups is 2. The van der Waals surface area contributed by atoms with Gasteiger partial charge in [0.15, 0.2) is 5.78 Å². The predicted molar refractivity (Wildman–Crippen MR) is 146 cm³/mol. The molecular formula is C29H55NO6. The van der Waals surface area contributed by atoms with Crippen LogP contribution in [0.1, 0.15) is 124 Å². The normalized spacial score (nSPS) is 13.8. The molecule has 0 bridgehead atoms. The van der Waals surface area contributed by atoms with Gasteiger partial charge in [-0.25, -0.2) is 4.79 Å². The van der Waals surface area contributed by atoms with Gasteiger partial charge in [-0.1, -0.05) is 84.6 Å². The van der Waals surface area contributed by atoms with Crippen LogP contribution >= 0.6 is 0 Å². The minimum absolute atomic E-state index is 0.131. The molecule has 0 aliphatic heterocycles. The second-order valence-corrected chi connectivity index (χ2v) is 9.94. The van der Waals surface area contributed by atoms with Crippen molar-refractivity contribution >= 4 is 11.8 Å². The van der Waals surface area contributed by atoms with E-state index in [9.17, 15) is 14.7 Å². The maximum atomic E-state index is 12.7. The van der Waals surface area contributed by atoms with Crippen LogP contribution in [0.15, 0.2) is 12.2 Å². The lowest BCUT2D eigenvalue weighted by Gasteiger charge is -2.27. The molecule has 0 aliphatic rings. The largest absolute Gasteiger partial charge is 0.461 e. The predicted octanol–water partition coefficient (Wildman–Crippen LogP) is 6.22. The third kappa shape index (κ3) is 18.9. The number of ketones is 1. The summed E-state index contributed by atoms with van der Waals surface area (Å²) in [4.78, 5) is 24.0. The molecule has 0 fully saturated rings. The first-order valence-corrected chi connectivity index (χ1v) is 14.3. The van der Waals surface area contributed by atoms with Gasteiger partial charge in [0.05, 0.1) is 6.61 Å². The molecule has 2 unspecified atom stereocenters. The highest BCUT2D eigenvalue weighted by Gasteiger charge is 2.31. The highest BCUT2D eigenvalue weighted by atomic mass is 16.6. The number of esters is 1. The molecule has 0 rings (SSSR count). The van der Waals surface area contributed by atoms with Crippen molar-refractivity contribution in [2.24, 2.45) is 0 Å². The fourth-order valence-electron chi connectivity index (χ4n) is 3.80. The van der Waals surface area contributed by atoms with Gasteiger partial charge >= 0.3 is 5.97 Å². The van der Waals surface area contributed by atoms with Crippen LogP contribution in [0.5, 0.6) is 0 Å². The summed E-state index contributed by atoms with van der Waals surface area (Å²) < 4.78 is 16.3. The summed E-state index contributed by atoms with van der Waals surface area (Å²) in [6.07, 6.45) is 15.3. The maximum absolute atomic E-state index is 12.7. The van der Waals surface area contributed by atoms with E-state index >= 15 is 0 Å². The molecule has 0 aromatic heterocycles.